The summed E-state index contributed by atoms with van der Waals surface area (Å²) < 4.78 is 1.79. The van der Waals surface area contributed by atoms with Gasteiger partial charge in [-0.05, 0) is 39.8 Å². The molecule has 1 aromatic heterocycles. The Bertz CT molecular complexity index is 771. The molecule has 1 aromatic carbocycles. The van der Waals surface area contributed by atoms with Crippen molar-refractivity contribution < 1.29 is 4.79 Å². The molecule has 0 aliphatic carbocycles. The Morgan fingerprint density at radius 3 is 2.36 bits per heavy atom. The lowest BCUT2D eigenvalue weighted by atomic mass is 9.87. The van der Waals surface area contributed by atoms with E-state index in [0.717, 1.165) is 28.6 Å². The molecule has 5 heteroatoms. The van der Waals surface area contributed by atoms with E-state index in [1.807, 2.05) is 58.0 Å². The third-order valence-corrected chi connectivity index (χ3v) is 4.35. The fourth-order valence-corrected chi connectivity index (χ4v) is 2.67. The van der Waals surface area contributed by atoms with Crippen LogP contribution in [0, 0.1) is 12.3 Å². The molecule has 5 nitrogen and oxygen atoms in total. The lowest BCUT2D eigenvalue weighted by Crippen LogP contribution is -2.42. The van der Waals surface area contributed by atoms with Crippen molar-refractivity contribution in [1.29, 1.82) is 0 Å². The molecule has 0 saturated heterocycles. The molecule has 114 valence electrons. The van der Waals surface area contributed by atoms with Crippen molar-refractivity contribution in [3.63, 3.8) is 0 Å². The Kier molecular flexibility index (Phi) is 3.16. The number of benzene rings is 1. The van der Waals surface area contributed by atoms with Crippen LogP contribution in [0.5, 0.6) is 0 Å². The molecule has 0 bridgehead atoms. The highest BCUT2D eigenvalue weighted by molar-refractivity contribution is 6.16. The third-order valence-electron chi connectivity index (χ3n) is 4.35. The molecule has 0 saturated carbocycles. The number of carbonyl (C=O) groups is 1. The van der Waals surface area contributed by atoms with E-state index in [0.29, 0.717) is 0 Å². The maximum absolute atomic E-state index is 12.8. The molecule has 1 amide bonds. The van der Waals surface area contributed by atoms with Crippen molar-refractivity contribution in [1.82, 2.24) is 9.78 Å². The van der Waals surface area contributed by atoms with Crippen molar-refractivity contribution in [3.05, 3.63) is 36.0 Å². The van der Waals surface area contributed by atoms with E-state index < -0.39 is 5.41 Å². The number of hydrogen-bond donors (Lipinski definition) is 0. The topological polar surface area (TPSA) is 50.5 Å². The highest BCUT2D eigenvalue weighted by Gasteiger charge is 2.39. The smallest absolute Gasteiger partial charge is 0.239 e. The molecule has 2 aromatic rings. The number of rotatable bonds is 1. The van der Waals surface area contributed by atoms with Gasteiger partial charge in [-0.3, -0.25) is 14.7 Å². The first-order valence-corrected chi connectivity index (χ1v) is 7.33. The van der Waals surface area contributed by atoms with Crippen LogP contribution in [0.3, 0.4) is 0 Å². The van der Waals surface area contributed by atoms with Crippen molar-refractivity contribution in [2.75, 3.05) is 11.9 Å². The molecule has 0 N–H and O–H groups in total. The zero-order chi connectivity index (χ0) is 16.1. The first kappa shape index (κ1) is 14.5. The molecule has 2 heterocycles. The maximum Gasteiger partial charge on any atom is 0.239 e. The number of aromatic nitrogens is 2. The molecule has 1 aliphatic rings. The number of anilines is 1. The van der Waals surface area contributed by atoms with Gasteiger partial charge in [0.2, 0.25) is 5.91 Å². The van der Waals surface area contributed by atoms with Crippen LogP contribution in [0.4, 0.5) is 11.5 Å². The molecular formula is C17H20N4O. The minimum Gasteiger partial charge on any atom is -0.297 e. The van der Waals surface area contributed by atoms with Crippen LogP contribution in [0.25, 0.3) is 5.69 Å². The molecule has 0 fully saturated rings. The molecule has 22 heavy (non-hydrogen) atoms. The zero-order valence-electron chi connectivity index (χ0n) is 13.6. The van der Waals surface area contributed by atoms with Crippen LogP contribution < -0.4 is 4.90 Å². The molecular weight excluding hydrogens is 276 g/mol. The summed E-state index contributed by atoms with van der Waals surface area (Å²) in [6.07, 6.45) is 0. The van der Waals surface area contributed by atoms with Gasteiger partial charge in [0.1, 0.15) is 5.69 Å². The van der Waals surface area contributed by atoms with Gasteiger partial charge in [0, 0.05) is 12.8 Å². The van der Waals surface area contributed by atoms with E-state index in [2.05, 4.69) is 5.10 Å². The van der Waals surface area contributed by atoms with Crippen LogP contribution >= 0.6 is 0 Å². The summed E-state index contributed by atoms with van der Waals surface area (Å²) in [6, 6.07) is 9.81. The summed E-state index contributed by atoms with van der Waals surface area (Å²) in [5, 5.41) is 4.59. The number of hydrogen-bond acceptors (Lipinski definition) is 3. The maximum atomic E-state index is 12.8. The predicted molar refractivity (Wildman–Crippen MR) is 88.3 cm³/mol. The highest BCUT2D eigenvalue weighted by Crippen LogP contribution is 2.40. The highest BCUT2D eigenvalue weighted by atomic mass is 16.2. The summed E-state index contributed by atoms with van der Waals surface area (Å²) in [5.41, 5.74) is 2.68. The summed E-state index contributed by atoms with van der Waals surface area (Å²) in [7, 11) is 1.79. The average Bonchev–Trinajstić information content (AvgIpc) is 2.80. The third kappa shape index (κ3) is 1.96. The van der Waals surface area contributed by atoms with Crippen molar-refractivity contribution in [2.24, 2.45) is 10.4 Å². The number of para-hydroxylation sites is 1. The monoisotopic (exact) mass is 296 g/mol. The van der Waals surface area contributed by atoms with Crippen LogP contribution in [0.2, 0.25) is 0 Å². The predicted octanol–water partition coefficient (Wildman–Crippen LogP) is 3.28. The van der Waals surface area contributed by atoms with Crippen LogP contribution in [0.15, 0.2) is 35.3 Å². The fraction of sp³-hybridized carbons (Fsp3) is 0.353. The minimum atomic E-state index is -0.623. The lowest BCUT2D eigenvalue weighted by molar-refractivity contribution is -0.123. The molecule has 0 spiro atoms. The van der Waals surface area contributed by atoms with E-state index in [1.54, 1.807) is 16.6 Å². The largest absolute Gasteiger partial charge is 0.297 e. The molecule has 0 radical (unpaired) electrons. The average molecular weight is 296 g/mol. The molecule has 3 rings (SSSR count). The Morgan fingerprint density at radius 1 is 1.09 bits per heavy atom. The molecule has 1 aliphatic heterocycles. The number of carbonyl (C=O) groups excluding carboxylic acids is 1. The quantitative estimate of drug-likeness (QED) is 0.811. The second-order valence-corrected chi connectivity index (χ2v) is 6.19. The van der Waals surface area contributed by atoms with E-state index in [9.17, 15) is 4.79 Å². The Balaban J connectivity index is 2.29. The van der Waals surface area contributed by atoms with Gasteiger partial charge in [-0.1, -0.05) is 18.2 Å². The second kappa shape index (κ2) is 4.80. The lowest BCUT2D eigenvalue weighted by Gasteiger charge is -2.27. The number of nitrogens with zero attached hydrogens (tertiary/aromatic N) is 4. The number of amides is 1. The zero-order valence-corrected chi connectivity index (χ0v) is 13.6. The van der Waals surface area contributed by atoms with E-state index in [-0.39, 0.29) is 5.91 Å². The Labute approximate surface area is 130 Å². The van der Waals surface area contributed by atoms with Gasteiger partial charge in [0.25, 0.3) is 0 Å². The van der Waals surface area contributed by atoms with E-state index in [4.69, 9.17) is 4.99 Å². The molecule has 0 unspecified atom stereocenters. The van der Waals surface area contributed by atoms with Gasteiger partial charge >= 0.3 is 0 Å². The number of fused-ring (bicyclic) bond motifs is 1. The number of aliphatic imine (C=N–C) groups is 1. The van der Waals surface area contributed by atoms with Gasteiger partial charge in [-0.15, -0.1) is 0 Å². The van der Waals surface area contributed by atoms with E-state index in [1.165, 1.54) is 0 Å². The van der Waals surface area contributed by atoms with E-state index >= 15 is 0 Å². The first-order chi connectivity index (χ1) is 10.3. The first-order valence-electron chi connectivity index (χ1n) is 7.33. The minimum absolute atomic E-state index is 0.0181. The Hall–Kier alpha value is -2.43. The summed E-state index contributed by atoms with van der Waals surface area (Å²) in [6.45, 7) is 7.64. The SMILES string of the molecule is CC1=Nc2c(C)nn(-c3ccccc3)c2N(C)C(=O)C1(C)C. The normalized spacial score (nSPS) is 17.0. The van der Waals surface area contributed by atoms with Crippen molar-refractivity contribution >= 4 is 23.1 Å². The van der Waals surface area contributed by atoms with Crippen LogP contribution in [-0.4, -0.2) is 28.4 Å². The second-order valence-electron chi connectivity index (χ2n) is 6.19. The van der Waals surface area contributed by atoms with Crippen molar-refractivity contribution in [2.45, 2.75) is 27.7 Å². The van der Waals surface area contributed by atoms with Gasteiger partial charge in [0.15, 0.2) is 5.82 Å². The summed E-state index contributed by atoms with van der Waals surface area (Å²) >= 11 is 0. The molecule has 0 atom stereocenters. The van der Waals surface area contributed by atoms with Crippen LogP contribution in [-0.2, 0) is 4.79 Å². The van der Waals surface area contributed by atoms with Gasteiger partial charge < -0.3 is 0 Å². The van der Waals surface area contributed by atoms with Crippen LogP contribution in [0.1, 0.15) is 26.5 Å². The van der Waals surface area contributed by atoms with Crippen molar-refractivity contribution in [3.8, 4) is 5.69 Å². The summed E-state index contributed by atoms with van der Waals surface area (Å²) in [5.74, 6) is 0.739. The summed E-state index contributed by atoms with van der Waals surface area (Å²) in [4.78, 5) is 19.2. The Morgan fingerprint density at radius 2 is 1.73 bits per heavy atom. The van der Waals surface area contributed by atoms with Gasteiger partial charge in [0.05, 0.1) is 16.8 Å². The van der Waals surface area contributed by atoms with Gasteiger partial charge in [-0.25, -0.2) is 4.68 Å². The van der Waals surface area contributed by atoms with Gasteiger partial charge in [-0.2, -0.15) is 5.10 Å². The number of aryl methyl sites for hydroxylation is 1. The fourth-order valence-electron chi connectivity index (χ4n) is 2.67. The standard InChI is InChI=1S/C17H20N4O/c1-11-14-15(21(19-11)13-9-7-6-8-10-13)20(5)16(22)17(3,4)12(2)18-14/h6-10H,1-5H3.